The molecule has 0 unspecified atom stereocenters. The number of nitrogens with zero attached hydrogens (tertiary/aromatic N) is 3. The molecule has 1 aromatic carbocycles. The maximum absolute atomic E-state index is 12.9. The summed E-state index contributed by atoms with van der Waals surface area (Å²) in [7, 11) is 0. The zero-order chi connectivity index (χ0) is 13.1. The third-order valence-corrected chi connectivity index (χ3v) is 2.88. The summed E-state index contributed by atoms with van der Waals surface area (Å²) >= 11 is 0. The molecule has 0 saturated heterocycles. The molecule has 0 N–H and O–H groups in total. The van der Waals surface area contributed by atoms with Crippen molar-refractivity contribution in [3.8, 4) is 0 Å². The smallest absolute Gasteiger partial charge is 0.123 e. The third-order valence-electron chi connectivity index (χ3n) is 2.88. The molecule has 92 valence electrons. The van der Waals surface area contributed by atoms with Crippen LogP contribution < -0.4 is 5.01 Å². The van der Waals surface area contributed by atoms with Gasteiger partial charge in [-0.15, -0.1) is 0 Å². The Bertz CT molecular complexity index is 564. The molecule has 0 saturated carbocycles. The van der Waals surface area contributed by atoms with Crippen LogP contribution in [0.5, 0.6) is 0 Å². The summed E-state index contributed by atoms with van der Waals surface area (Å²) in [5.41, 5.74) is 3.74. The van der Waals surface area contributed by atoms with Crippen LogP contribution in [-0.4, -0.2) is 11.7 Å². The topological polar surface area (TPSA) is 28.5 Å². The Hall–Kier alpha value is -2.23. The number of aryl methyl sites for hydroxylation is 1. The fourth-order valence-corrected chi connectivity index (χ4v) is 1.71. The molecule has 0 aliphatic carbocycles. The van der Waals surface area contributed by atoms with Crippen LogP contribution in [0, 0.1) is 19.7 Å². The summed E-state index contributed by atoms with van der Waals surface area (Å²) in [6.07, 6.45) is 3.52. The first-order valence-electron chi connectivity index (χ1n) is 5.57. The Morgan fingerprint density at radius 1 is 1.17 bits per heavy atom. The lowest BCUT2D eigenvalue weighted by Gasteiger charge is -2.21. The van der Waals surface area contributed by atoms with Crippen molar-refractivity contribution >= 4 is 18.1 Å². The molecule has 0 aliphatic rings. The highest BCUT2D eigenvalue weighted by Crippen LogP contribution is 2.29. The molecular formula is C14H14FN3. The average Bonchev–Trinajstić information content (AvgIpc) is 2.37. The van der Waals surface area contributed by atoms with Crippen molar-refractivity contribution in [1.29, 1.82) is 0 Å². The van der Waals surface area contributed by atoms with Gasteiger partial charge in [0.05, 0.1) is 17.6 Å². The first kappa shape index (κ1) is 12.2. The van der Waals surface area contributed by atoms with Gasteiger partial charge in [0.15, 0.2) is 0 Å². The van der Waals surface area contributed by atoms with Gasteiger partial charge in [0.2, 0.25) is 0 Å². The highest BCUT2D eigenvalue weighted by Gasteiger charge is 2.11. The van der Waals surface area contributed by atoms with Crippen LogP contribution in [0.15, 0.2) is 41.8 Å². The van der Waals surface area contributed by atoms with E-state index in [1.54, 1.807) is 29.5 Å². The van der Waals surface area contributed by atoms with E-state index >= 15 is 0 Å². The Morgan fingerprint density at radius 3 is 2.44 bits per heavy atom. The molecule has 0 amide bonds. The highest BCUT2D eigenvalue weighted by atomic mass is 19.1. The van der Waals surface area contributed by atoms with Gasteiger partial charge >= 0.3 is 0 Å². The molecule has 0 spiro atoms. The van der Waals surface area contributed by atoms with Crippen LogP contribution in [0.3, 0.4) is 0 Å². The summed E-state index contributed by atoms with van der Waals surface area (Å²) in [5.74, 6) is -0.276. The normalized spacial score (nSPS) is 10.2. The molecular weight excluding hydrogens is 229 g/mol. The SMILES string of the molecule is C=NN(c1ccc(F)cc1)c1cncc(C)c1C. The number of aromatic nitrogens is 1. The fraction of sp³-hybridized carbons (Fsp3) is 0.143. The van der Waals surface area contributed by atoms with E-state index in [9.17, 15) is 4.39 Å². The molecule has 1 heterocycles. The van der Waals surface area contributed by atoms with E-state index in [0.29, 0.717) is 0 Å². The predicted molar refractivity (Wildman–Crippen MR) is 71.8 cm³/mol. The maximum atomic E-state index is 12.9. The Labute approximate surface area is 106 Å². The number of hydrazone groups is 1. The van der Waals surface area contributed by atoms with Crippen LogP contribution in [-0.2, 0) is 0 Å². The van der Waals surface area contributed by atoms with Crippen LogP contribution in [0.2, 0.25) is 0 Å². The van der Waals surface area contributed by atoms with Gasteiger partial charge in [-0.25, -0.2) is 9.40 Å². The summed E-state index contributed by atoms with van der Waals surface area (Å²) in [4.78, 5) is 4.15. The van der Waals surface area contributed by atoms with Gasteiger partial charge in [-0.05, 0) is 49.2 Å². The number of hydrogen-bond acceptors (Lipinski definition) is 3. The van der Waals surface area contributed by atoms with Gasteiger partial charge in [-0.3, -0.25) is 4.98 Å². The van der Waals surface area contributed by atoms with Crippen molar-refractivity contribution < 1.29 is 4.39 Å². The minimum Gasteiger partial charge on any atom is -0.262 e. The van der Waals surface area contributed by atoms with E-state index < -0.39 is 0 Å². The van der Waals surface area contributed by atoms with E-state index in [1.807, 2.05) is 13.8 Å². The lowest BCUT2D eigenvalue weighted by atomic mass is 10.1. The minimum absolute atomic E-state index is 0.276. The number of halogens is 1. The zero-order valence-electron chi connectivity index (χ0n) is 10.4. The second-order valence-electron chi connectivity index (χ2n) is 4.03. The minimum atomic E-state index is -0.276. The van der Waals surface area contributed by atoms with Crippen molar-refractivity contribution in [2.24, 2.45) is 5.10 Å². The van der Waals surface area contributed by atoms with E-state index in [1.165, 1.54) is 12.1 Å². The van der Waals surface area contributed by atoms with Gasteiger partial charge in [0.1, 0.15) is 5.82 Å². The average molecular weight is 243 g/mol. The van der Waals surface area contributed by atoms with Gasteiger partial charge < -0.3 is 0 Å². The van der Waals surface area contributed by atoms with E-state index in [-0.39, 0.29) is 5.82 Å². The van der Waals surface area contributed by atoms with Crippen LogP contribution >= 0.6 is 0 Å². The van der Waals surface area contributed by atoms with Crippen LogP contribution in [0.4, 0.5) is 15.8 Å². The van der Waals surface area contributed by atoms with E-state index in [0.717, 1.165) is 22.5 Å². The molecule has 0 bridgehead atoms. The highest BCUT2D eigenvalue weighted by molar-refractivity contribution is 5.66. The largest absolute Gasteiger partial charge is 0.262 e. The fourth-order valence-electron chi connectivity index (χ4n) is 1.71. The van der Waals surface area contributed by atoms with Crippen LogP contribution in [0.25, 0.3) is 0 Å². The predicted octanol–water partition coefficient (Wildman–Crippen LogP) is 3.59. The summed E-state index contributed by atoms with van der Waals surface area (Å²) in [6, 6.07) is 6.11. The van der Waals surface area contributed by atoms with Gasteiger partial charge in [0, 0.05) is 12.9 Å². The summed E-state index contributed by atoms with van der Waals surface area (Å²) in [6.45, 7) is 7.54. The van der Waals surface area contributed by atoms with E-state index in [2.05, 4.69) is 16.8 Å². The van der Waals surface area contributed by atoms with Crippen molar-refractivity contribution in [2.45, 2.75) is 13.8 Å². The first-order chi connectivity index (χ1) is 8.63. The van der Waals surface area contributed by atoms with Crippen molar-refractivity contribution in [1.82, 2.24) is 4.98 Å². The molecule has 0 radical (unpaired) electrons. The molecule has 18 heavy (non-hydrogen) atoms. The molecule has 2 aromatic rings. The molecule has 2 rings (SSSR count). The Morgan fingerprint density at radius 2 is 1.83 bits per heavy atom. The lowest BCUT2D eigenvalue weighted by molar-refractivity contribution is 0.628. The van der Waals surface area contributed by atoms with Gasteiger partial charge in [-0.2, -0.15) is 5.10 Å². The van der Waals surface area contributed by atoms with Crippen molar-refractivity contribution in [3.05, 3.63) is 53.6 Å². The quantitative estimate of drug-likeness (QED) is 0.608. The monoisotopic (exact) mass is 243 g/mol. The second kappa shape index (κ2) is 4.96. The number of rotatable bonds is 3. The number of benzene rings is 1. The maximum Gasteiger partial charge on any atom is 0.123 e. The Kier molecular flexibility index (Phi) is 3.37. The Balaban J connectivity index is 2.48. The standard InChI is InChI=1S/C14H14FN3/c1-10-8-17-9-14(11(10)2)18(16-3)13-6-4-12(15)5-7-13/h4-9H,3H2,1-2H3. The molecule has 0 fully saturated rings. The molecule has 0 atom stereocenters. The number of anilines is 2. The molecule has 0 aliphatic heterocycles. The molecule has 1 aromatic heterocycles. The first-order valence-corrected chi connectivity index (χ1v) is 5.57. The van der Waals surface area contributed by atoms with Crippen LogP contribution in [0.1, 0.15) is 11.1 Å². The summed E-state index contributed by atoms with van der Waals surface area (Å²) < 4.78 is 12.9. The third kappa shape index (κ3) is 2.22. The second-order valence-corrected chi connectivity index (χ2v) is 4.03. The zero-order valence-corrected chi connectivity index (χ0v) is 10.4. The van der Waals surface area contributed by atoms with Gasteiger partial charge in [-0.1, -0.05) is 0 Å². The molecule has 4 heteroatoms. The lowest BCUT2D eigenvalue weighted by Crippen LogP contribution is -2.10. The number of pyridine rings is 1. The van der Waals surface area contributed by atoms with Crippen molar-refractivity contribution in [3.63, 3.8) is 0 Å². The summed E-state index contributed by atoms with van der Waals surface area (Å²) in [5, 5.41) is 5.63. The van der Waals surface area contributed by atoms with Crippen molar-refractivity contribution in [2.75, 3.05) is 5.01 Å². The number of hydrogen-bond donors (Lipinski definition) is 0. The van der Waals surface area contributed by atoms with E-state index in [4.69, 9.17) is 0 Å². The van der Waals surface area contributed by atoms with Gasteiger partial charge in [0.25, 0.3) is 0 Å². The molecule has 3 nitrogen and oxygen atoms in total.